The molecular weight excluding hydrogens is 546 g/mol. The van der Waals surface area contributed by atoms with Crippen LogP contribution in [0, 0.1) is 12.3 Å². The minimum atomic E-state index is -1.91. The van der Waals surface area contributed by atoms with E-state index < -0.39 is 118 Å². The molecular formula is C23H37NO16. The van der Waals surface area contributed by atoms with Crippen molar-refractivity contribution >= 4 is 5.91 Å². The molecule has 3 saturated heterocycles. The maximum atomic E-state index is 11.8. The lowest BCUT2D eigenvalue weighted by Gasteiger charge is -2.48. The minimum Gasteiger partial charge on any atom is -0.394 e. The number of hydrogen-bond acceptors (Lipinski definition) is 16. The number of carbonyl (C=O) groups is 1. The molecule has 1 amide bonds. The lowest BCUT2D eigenvalue weighted by Crippen LogP contribution is -2.68. The van der Waals surface area contributed by atoms with E-state index in [1.165, 1.54) is 6.92 Å². The number of rotatable bonds is 10. The average Bonchev–Trinajstić information content (AvgIpc) is 2.93. The van der Waals surface area contributed by atoms with E-state index in [9.17, 15) is 50.8 Å². The predicted molar refractivity (Wildman–Crippen MR) is 125 cm³/mol. The van der Waals surface area contributed by atoms with Gasteiger partial charge in [-0.15, -0.1) is 6.42 Å². The molecule has 0 spiro atoms. The van der Waals surface area contributed by atoms with Gasteiger partial charge in [0.25, 0.3) is 0 Å². The summed E-state index contributed by atoms with van der Waals surface area (Å²) < 4.78 is 33.0. The first-order chi connectivity index (χ1) is 19.0. The summed E-state index contributed by atoms with van der Waals surface area (Å²) in [6, 6.07) is -1.25. The van der Waals surface area contributed by atoms with E-state index in [0.29, 0.717) is 0 Å². The second-order valence-electron chi connectivity index (χ2n) is 9.56. The van der Waals surface area contributed by atoms with Gasteiger partial charge < -0.3 is 79.7 Å². The molecule has 3 rings (SSSR count). The Morgan fingerprint density at radius 3 is 1.80 bits per heavy atom. The van der Waals surface area contributed by atoms with Gasteiger partial charge in [-0.3, -0.25) is 4.79 Å². The molecule has 230 valence electrons. The summed E-state index contributed by atoms with van der Waals surface area (Å²) in [4.78, 5) is 11.8. The molecule has 3 fully saturated rings. The van der Waals surface area contributed by atoms with E-state index in [1.54, 1.807) is 0 Å². The summed E-state index contributed by atoms with van der Waals surface area (Å²) >= 11 is 0. The highest BCUT2D eigenvalue weighted by Gasteiger charge is 2.54. The lowest BCUT2D eigenvalue weighted by molar-refractivity contribution is -0.375. The van der Waals surface area contributed by atoms with Crippen LogP contribution in [0.1, 0.15) is 6.92 Å². The van der Waals surface area contributed by atoms with E-state index in [1.807, 2.05) is 0 Å². The van der Waals surface area contributed by atoms with Crippen molar-refractivity contribution in [2.45, 2.75) is 99.0 Å². The molecule has 0 aromatic rings. The number of aliphatic hydroxyl groups excluding tert-OH is 9. The van der Waals surface area contributed by atoms with Crippen molar-refractivity contribution in [2.24, 2.45) is 0 Å². The first kappa shape index (κ1) is 32.9. The highest BCUT2D eigenvalue weighted by molar-refractivity contribution is 5.73. The largest absolute Gasteiger partial charge is 0.394 e. The smallest absolute Gasteiger partial charge is 0.217 e. The standard InChI is InChI=1S/C23H37NO16/c1-3-4-35-21-12(24-8(2)28)15(31)19(11(7-27)38-21)39-23-18(34)20(14(30)10(6-26)37-23)40-22-17(33)16(32)13(29)9(5-25)36-22/h1,9-23,25-27,29-34H,4-7H2,2H3,(H,24,28)/t9?,10?,11?,12?,13-,14-,15?,16?,17?,18?,19+,20?,21+,22+,23-/m0/s1. The molecule has 15 atom stereocenters. The fraction of sp³-hybridized carbons (Fsp3) is 0.870. The van der Waals surface area contributed by atoms with Gasteiger partial charge in [0, 0.05) is 6.92 Å². The fourth-order valence-electron chi connectivity index (χ4n) is 4.71. The zero-order valence-electron chi connectivity index (χ0n) is 21.4. The third-order valence-corrected chi connectivity index (χ3v) is 6.81. The van der Waals surface area contributed by atoms with Gasteiger partial charge in [0.2, 0.25) is 5.91 Å². The van der Waals surface area contributed by atoms with Crippen LogP contribution in [0.25, 0.3) is 0 Å². The summed E-state index contributed by atoms with van der Waals surface area (Å²) in [5.74, 6) is 1.64. The Morgan fingerprint density at radius 2 is 1.25 bits per heavy atom. The van der Waals surface area contributed by atoms with Gasteiger partial charge in [-0.25, -0.2) is 0 Å². The third kappa shape index (κ3) is 7.07. The monoisotopic (exact) mass is 583 g/mol. The third-order valence-electron chi connectivity index (χ3n) is 6.81. The molecule has 0 aromatic heterocycles. The van der Waals surface area contributed by atoms with Crippen LogP contribution in [0.5, 0.6) is 0 Å². The molecule has 17 heteroatoms. The van der Waals surface area contributed by atoms with Crippen LogP contribution in [0.15, 0.2) is 0 Å². The fourth-order valence-corrected chi connectivity index (χ4v) is 4.71. The Balaban J connectivity index is 1.82. The maximum absolute atomic E-state index is 11.8. The second kappa shape index (κ2) is 14.6. The summed E-state index contributed by atoms with van der Waals surface area (Å²) in [6.07, 6.45) is -17.6. The predicted octanol–water partition coefficient (Wildman–Crippen LogP) is -6.77. The minimum absolute atomic E-state index is 0.255. The van der Waals surface area contributed by atoms with Crippen molar-refractivity contribution in [3.63, 3.8) is 0 Å². The van der Waals surface area contributed by atoms with E-state index in [4.69, 9.17) is 34.8 Å². The SMILES string of the molecule is C#CCO[C@@H]1OC(CO)[C@@H](O[C@@H]2OC(CO)[C@H](O)C(O[C@H]3OC(CO)[C@H](O)C(O)C3O)C2O)C(O)C1NC(C)=O. The van der Waals surface area contributed by atoms with Crippen LogP contribution in [0.4, 0.5) is 0 Å². The highest BCUT2D eigenvalue weighted by Crippen LogP contribution is 2.32. The van der Waals surface area contributed by atoms with Gasteiger partial charge >= 0.3 is 0 Å². The van der Waals surface area contributed by atoms with Gasteiger partial charge in [0.05, 0.1) is 19.8 Å². The zero-order chi connectivity index (χ0) is 29.7. The van der Waals surface area contributed by atoms with Crippen molar-refractivity contribution in [3.05, 3.63) is 0 Å². The maximum Gasteiger partial charge on any atom is 0.217 e. The number of aliphatic hydroxyl groups is 9. The normalized spacial score (nSPS) is 46.0. The molecule has 0 bridgehead atoms. The Labute approximate surface area is 228 Å². The van der Waals surface area contributed by atoms with Gasteiger partial charge in [0.15, 0.2) is 18.9 Å². The van der Waals surface area contributed by atoms with Crippen molar-refractivity contribution in [2.75, 3.05) is 26.4 Å². The van der Waals surface area contributed by atoms with Gasteiger partial charge in [0.1, 0.15) is 79.8 Å². The van der Waals surface area contributed by atoms with Crippen molar-refractivity contribution in [1.29, 1.82) is 0 Å². The van der Waals surface area contributed by atoms with Crippen molar-refractivity contribution in [1.82, 2.24) is 5.32 Å². The molecule has 0 radical (unpaired) electrons. The van der Waals surface area contributed by atoms with Gasteiger partial charge in [-0.1, -0.05) is 5.92 Å². The van der Waals surface area contributed by atoms with E-state index >= 15 is 0 Å². The van der Waals surface area contributed by atoms with Crippen LogP contribution < -0.4 is 5.32 Å². The summed E-state index contributed by atoms with van der Waals surface area (Å²) in [6.45, 7) is -1.40. The first-order valence-electron chi connectivity index (χ1n) is 12.5. The summed E-state index contributed by atoms with van der Waals surface area (Å²) in [5.41, 5.74) is 0. The number of carbonyl (C=O) groups excluding carboxylic acids is 1. The topological polar surface area (TPSA) is 267 Å². The Hall–Kier alpha value is -1.57. The Kier molecular flexibility index (Phi) is 12.0. The van der Waals surface area contributed by atoms with Gasteiger partial charge in [-0.2, -0.15) is 0 Å². The number of nitrogens with one attached hydrogen (secondary N) is 1. The van der Waals surface area contributed by atoms with E-state index in [-0.39, 0.29) is 6.61 Å². The molecule has 3 heterocycles. The molecule has 3 aliphatic heterocycles. The number of terminal acetylenes is 1. The van der Waals surface area contributed by atoms with Crippen LogP contribution >= 0.6 is 0 Å². The summed E-state index contributed by atoms with van der Waals surface area (Å²) in [5, 5.41) is 94.6. The molecule has 0 saturated carbocycles. The lowest BCUT2D eigenvalue weighted by atomic mass is 9.95. The van der Waals surface area contributed by atoms with E-state index in [2.05, 4.69) is 11.2 Å². The Bertz CT molecular complexity index is 857. The van der Waals surface area contributed by atoms with E-state index in [0.717, 1.165) is 0 Å². The molecule has 10 N–H and O–H groups in total. The molecule has 17 nitrogen and oxygen atoms in total. The molecule has 9 unspecified atom stereocenters. The molecule has 3 aliphatic rings. The molecule has 0 aromatic carbocycles. The van der Waals surface area contributed by atoms with Crippen LogP contribution in [-0.4, -0.2) is 170 Å². The Morgan fingerprint density at radius 1 is 0.725 bits per heavy atom. The van der Waals surface area contributed by atoms with Crippen LogP contribution in [0.3, 0.4) is 0 Å². The highest BCUT2D eigenvalue weighted by atomic mass is 16.8. The molecule has 40 heavy (non-hydrogen) atoms. The number of amides is 1. The quantitative estimate of drug-likeness (QED) is 0.107. The number of ether oxygens (including phenoxy) is 6. The number of hydrogen-bond donors (Lipinski definition) is 10. The van der Waals surface area contributed by atoms with Gasteiger partial charge in [-0.05, 0) is 0 Å². The van der Waals surface area contributed by atoms with Crippen LogP contribution in [-0.2, 0) is 33.2 Å². The summed E-state index contributed by atoms with van der Waals surface area (Å²) in [7, 11) is 0. The van der Waals surface area contributed by atoms with Crippen molar-refractivity contribution < 1.29 is 79.2 Å². The van der Waals surface area contributed by atoms with Crippen LogP contribution in [0.2, 0.25) is 0 Å². The first-order valence-corrected chi connectivity index (χ1v) is 12.5. The average molecular weight is 584 g/mol. The molecule has 0 aliphatic carbocycles. The van der Waals surface area contributed by atoms with Crippen molar-refractivity contribution in [3.8, 4) is 12.3 Å². The second-order valence-corrected chi connectivity index (χ2v) is 9.56. The zero-order valence-corrected chi connectivity index (χ0v) is 21.4.